The minimum absolute atomic E-state index is 0.142. The molecule has 3 N–H and O–H groups in total. The summed E-state index contributed by atoms with van der Waals surface area (Å²) in [4.78, 5) is 29.9. The Hall–Kier alpha value is -2.25. The summed E-state index contributed by atoms with van der Waals surface area (Å²) in [6, 6.07) is 8.73. The molecule has 7 heteroatoms. The third-order valence-corrected chi connectivity index (χ3v) is 5.49. The Kier molecular flexibility index (Phi) is 6.35. The van der Waals surface area contributed by atoms with Crippen LogP contribution in [0.4, 0.5) is 5.13 Å². The summed E-state index contributed by atoms with van der Waals surface area (Å²) in [7, 11) is 0. The molecule has 0 bridgehead atoms. The van der Waals surface area contributed by atoms with Crippen LogP contribution in [0.3, 0.4) is 0 Å². The van der Waals surface area contributed by atoms with E-state index in [-0.39, 0.29) is 24.3 Å². The Morgan fingerprint density at radius 1 is 1.27 bits per heavy atom. The fourth-order valence-corrected chi connectivity index (χ4v) is 4.04. The third kappa shape index (κ3) is 5.12. The standard InChI is InChI=1S/C19H24N4O2S/c1-13(22-18(25)15-5-3-2-4-6-15)11-17(24)23-19-21-12-16(26-19)14-7-9-20-10-8-14/h2-6,12-14,20H,7-11H2,1H3,(H,22,25)(H,21,23,24). The molecule has 0 radical (unpaired) electrons. The first kappa shape index (κ1) is 18.5. The highest BCUT2D eigenvalue weighted by atomic mass is 32.1. The number of thiazole rings is 1. The lowest BCUT2D eigenvalue weighted by Crippen LogP contribution is -2.35. The summed E-state index contributed by atoms with van der Waals surface area (Å²) in [5.41, 5.74) is 0.589. The molecule has 26 heavy (non-hydrogen) atoms. The number of benzene rings is 1. The monoisotopic (exact) mass is 372 g/mol. The number of nitrogens with one attached hydrogen (secondary N) is 3. The molecular weight excluding hydrogens is 348 g/mol. The highest BCUT2D eigenvalue weighted by Gasteiger charge is 2.19. The van der Waals surface area contributed by atoms with Crippen molar-refractivity contribution in [2.45, 2.75) is 38.1 Å². The van der Waals surface area contributed by atoms with Crippen LogP contribution in [0.5, 0.6) is 0 Å². The van der Waals surface area contributed by atoms with Gasteiger partial charge in [0, 0.05) is 29.1 Å². The van der Waals surface area contributed by atoms with Gasteiger partial charge in [-0.15, -0.1) is 11.3 Å². The van der Waals surface area contributed by atoms with Crippen molar-refractivity contribution in [3.05, 3.63) is 47.0 Å². The minimum Gasteiger partial charge on any atom is -0.349 e. The van der Waals surface area contributed by atoms with E-state index in [9.17, 15) is 9.59 Å². The number of carbonyl (C=O) groups is 2. The number of aromatic nitrogens is 1. The van der Waals surface area contributed by atoms with E-state index in [2.05, 4.69) is 20.9 Å². The molecule has 138 valence electrons. The normalized spacial score (nSPS) is 16.0. The van der Waals surface area contributed by atoms with Crippen molar-refractivity contribution < 1.29 is 9.59 Å². The van der Waals surface area contributed by atoms with Crippen molar-refractivity contribution in [1.82, 2.24) is 15.6 Å². The number of rotatable bonds is 6. The molecule has 6 nitrogen and oxygen atoms in total. The molecule has 1 aromatic heterocycles. The Labute approximate surface area is 157 Å². The largest absolute Gasteiger partial charge is 0.349 e. The van der Waals surface area contributed by atoms with Gasteiger partial charge in [0.05, 0.1) is 0 Å². The van der Waals surface area contributed by atoms with Crippen LogP contribution in [0.25, 0.3) is 0 Å². The van der Waals surface area contributed by atoms with Gasteiger partial charge < -0.3 is 16.0 Å². The van der Waals surface area contributed by atoms with E-state index >= 15 is 0 Å². The maximum absolute atomic E-state index is 12.2. The van der Waals surface area contributed by atoms with Crippen LogP contribution < -0.4 is 16.0 Å². The second-order valence-corrected chi connectivity index (χ2v) is 7.65. The van der Waals surface area contributed by atoms with Gasteiger partial charge in [-0.25, -0.2) is 4.98 Å². The summed E-state index contributed by atoms with van der Waals surface area (Å²) < 4.78 is 0. The molecule has 0 saturated carbocycles. The van der Waals surface area contributed by atoms with Gasteiger partial charge in [-0.1, -0.05) is 18.2 Å². The van der Waals surface area contributed by atoms with Crippen LogP contribution in [-0.4, -0.2) is 35.9 Å². The zero-order chi connectivity index (χ0) is 18.4. The zero-order valence-corrected chi connectivity index (χ0v) is 15.6. The smallest absolute Gasteiger partial charge is 0.251 e. The molecule has 1 unspecified atom stereocenters. The molecule has 2 heterocycles. The van der Waals surface area contributed by atoms with Gasteiger partial charge >= 0.3 is 0 Å². The maximum atomic E-state index is 12.2. The van der Waals surface area contributed by atoms with E-state index in [1.165, 1.54) is 4.88 Å². The molecule has 1 aliphatic rings. The molecule has 1 aromatic carbocycles. The number of piperidine rings is 1. The summed E-state index contributed by atoms with van der Waals surface area (Å²) in [6.07, 6.45) is 4.30. The third-order valence-electron chi connectivity index (χ3n) is 4.42. The summed E-state index contributed by atoms with van der Waals surface area (Å²) >= 11 is 1.55. The molecule has 0 aliphatic carbocycles. The van der Waals surface area contributed by atoms with Gasteiger partial charge in [-0.3, -0.25) is 9.59 Å². The molecule has 1 fully saturated rings. The van der Waals surface area contributed by atoms with Gasteiger partial charge in [-0.2, -0.15) is 0 Å². The van der Waals surface area contributed by atoms with Gasteiger partial charge in [0.1, 0.15) is 0 Å². The number of hydrogen-bond acceptors (Lipinski definition) is 5. The van der Waals surface area contributed by atoms with Crippen LogP contribution in [0, 0.1) is 0 Å². The Balaban J connectivity index is 1.47. The summed E-state index contributed by atoms with van der Waals surface area (Å²) in [6.45, 7) is 3.88. The Bertz CT molecular complexity index is 741. The predicted octanol–water partition coefficient (Wildman–Crippen LogP) is 2.76. The number of hydrogen-bond donors (Lipinski definition) is 3. The fraction of sp³-hybridized carbons (Fsp3) is 0.421. The van der Waals surface area contributed by atoms with Crippen molar-refractivity contribution in [1.29, 1.82) is 0 Å². The topological polar surface area (TPSA) is 83.1 Å². The molecular formula is C19H24N4O2S. The molecule has 3 rings (SSSR count). The maximum Gasteiger partial charge on any atom is 0.251 e. The number of carbonyl (C=O) groups excluding carboxylic acids is 2. The molecule has 2 aromatic rings. The van der Waals surface area contributed by atoms with E-state index in [4.69, 9.17) is 0 Å². The van der Waals surface area contributed by atoms with Crippen LogP contribution in [0.1, 0.15) is 47.3 Å². The fourth-order valence-electron chi connectivity index (χ4n) is 3.04. The van der Waals surface area contributed by atoms with Gasteiger partial charge in [0.15, 0.2) is 5.13 Å². The molecule has 1 atom stereocenters. The van der Waals surface area contributed by atoms with Crippen molar-refractivity contribution in [2.75, 3.05) is 18.4 Å². The van der Waals surface area contributed by atoms with E-state index in [0.717, 1.165) is 25.9 Å². The average molecular weight is 372 g/mol. The quantitative estimate of drug-likeness (QED) is 0.728. The van der Waals surface area contributed by atoms with Crippen LogP contribution in [0.2, 0.25) is 0 Å². The second kappa shape index (κ2) is 8.91. The number of amides is 2. The van der Waals surface area contributed by atoms with E-state index in [1.54, 1.807) is 23.5 Å². The van der Waals surface area contributed by atoms with Gasteiger partial charge in [0.2, 0.25) is 5.91 Å². The lowest BCUT2D eigenvalue weighted by molar-refractivity contribution is -0.116. The number of anilines is 1. The van der Waals surface area contributed by atoms with Crippen molar-refractivity contribution in [3.8, 4) is 0 Å². The first-order valence-corrected chi connectivity index (χ1v) is 9.75. The van der Waals surface area contributed by atoms with Gasteiger partial charge in [0.25, 0.3) is 5.91 Å². The van der Waals surface area contributed by atoms with E-state index in [1.807, 2.05) is 31.3 Å². The highest BCUT2D eigenvalue weighted by Crippen LogP contribution is 2.31. The molecule has 0 spiro atoms. The van der Waals surface area contributed by atoms with E-state index in [0.29, 0.717) is 16.6 Å². The molecule has 2 amide bonds. The SMILES string of the molecule is CC(CC(=O)Nc1ncc(C2CCNCC2)s1)NC(=O)c1ccccc1. The first-order chi connectivity index (χ1) is 12.6. The van der Waals surface area contributed by atoms with Crippen LogP contribution >= 0.6 is 11.3 Å². The van der Waals surface area contributed by atoms with Crippen LogP contribution in [0.15, 0.2) is 36.5 Å². The lowest BCUT2D eigenvalue weighted by Gasteiger charge is -2.20. The van der Waals surface area contributed by atoms with E-state index < -0.39 is 0 Å². The second-order valence-electron chi connectivity index (χ2n) is 6.58. The lowest BCUT2D eigenvalue weighted by atomic mass is 9.97. The highest BCUT2D eigenvalue weighted by molar-refractivity contribution is 7.15. The van der Waals surface area contributed by atoms with Crippen molar-refractivity contribution in [3.63, 3.8) is 0 Å². The number of nitrogens with zero attached hydrogens (tertiary/aromatic N) is 1. The van der Waals surface area contributed by atoms with Gasteiger partial charge in [-0.05, 0) is 50.9 Å². The molecule has 1 saturated heterocycles. The summed E-state index contributed by atoms with van der Waals surface area (Å²) in [5, 5.41) is 9.68. The predicted molar refractivity (Wildman–Crippen MR) is 104 cm³/mol. The van der Waals surface area contributed by atoms with Crippen molar-refractivity contribution in [2.24, 2.45) is 0 Å². The summed E-state index contributed by atoms with van der Waals surface area (Å²) in [5.74, 6) is 0.217. The average Bonchev–Trinajstić information content (AvgIpc) is 3.11. The van der Waals surface area contributed by atoms with Crippen molar-refractivity contribution >= 4 is 28.3 Å². The first-order valence-electron chi connectivity index (χ1n) is 8.94. The minimum atomic E-state index is -0.258. The molecule has 1 aliphatic heterocycles. The zero-order valence-electron chi connectivity index (χ0n) is 14.8. The Morgan fingerprint density at radius 3 is 2.73 bits per heavy atom. The van der Waals surface area contributed by atoms with Crippen LogP contribution in [-0.2, 0) is 4.79 Å². The Morgan fingerprint density at radius 2 is 2.00 bits per heavy atom.